The Labute approximate surface area is 144 Å². The highest BCUT2D eigenvalue weighted by Gasteiger charge is 2.21. The third-order valence-electron chi connectivity index (χ3n) is 3.91. The molecule has 1 fully saturated rings. The number of hydrogen-bond acceptors (Lipinski definition) is 3. The van der Waals surface area contributed by atoms with Crippen LogP contribution in [0.4, 0.5) is 20.2 Å². The van der Waals surface area contributed by atoms with Crippen molar-refractivity contribution < 1.29 is 13.6 Å². The predicted molar refractivity (Wildman–Crippen MR) is 93.2 cm³/mol. The molecule has 6 heteroatoms. The number of likely N-dealkylation sites (tertiary alicyclic amines) is 1. The van der Waals surface area contributed by atoms with Gasteiger partial charge in [-0.3, -0.25) is 4.79 Å². The minimum absolute atomic E-state index is 0.0282. The highest BCUT2D eigenvalue weighted by molar-refractivity contribution is 7.99. The van der Waals surface area contributed by atoms with E-state index in [-0.39, 0.29) is 5.91 Å². The average molecular weight is 348 g/mol. The van der Waals surface area contributed by atoms with Gasteiger partial charge in [0.05, 0.1) is 11.3 Å². The Morgan fingerprint density at radius 2 is 1.71 bits per heavy atom. The molecule has 126 valence electrons. The molecule has 0 saturated carbocycles. The maximum Gasteiger partial charge on any atom is 0.288 e. The lowest BCUT2D eigenvalue weighted by Gasteiger charge is -2.18. The number of anilines is 2. The molecular weight excluding hydrogens is 330 g/mol. The van der Waals surface area contributed by atoms with Crippen molar-refractivity contribution >= 4 is 29.0 Å². The van der Waals surface area contributed by atoms with E-state index in [0.29, 0.717) is 22.2 Å². The molecular formula is C18H18F2N2OS. The van der Waals surface area contributed by atoms with Crippen LogP contribution in [0, 0.1) is 0 Å². The topological polar surface area (TPSA) is 32.3 Å². The largest absolute Gasteiger partial charge is 0.355 e. The number of hydrogen-bond donors (Lipinski definition) is 1. The quantitative estimate of drug-likeness (QED) is 0.774. The van der Waals surface area contributed by atoms with Gasteiger partial charge < -0.3 is 10.2 Å². The maximum atomic E-state index is 12.6. The van der Waals surface area contributed by atoms with Gasteiger partial charge in [0.25, 0.3) is 11.7 Å². The van der Waals surface area contributed by atoms with E-state index < -0.39 is 5.76 Å². The average Bonchev–Trinajstić information content (AvgIpc) is 3.11. The third-order valence-corrected chi connectivity index (χ3v) is 4.63. The van der Waals surface area contributed by atoms with Crippen LogP contribution >= 0.6 is 11.8 Å². The molecule has 1 aliphatic heterocycles. The molecule has 1 N–H and O–H groups in total. The Morgan fingerprint density at radius 3 is 2.38 bits per heavy atom. The Hall–Kier alpha value is -2.08. The van der Waals surface area contributed by atoms with Gasteiger partial charge in [-0.2, -0.15) is 8.78 Å². The molecule has 0 radical (unpaired) electrons. The molecule has 0 spiro atoms. The number of alkyl halides is 2. The number of nitrogens with one attached hydrogen (secondary N) is 1. The van der Waals surface area contributed by atoms with E-state index in [4.69, 9.17) is 0 Å². The molecule has 1 amide bonds. The van der Waals surface area contributed by atoms with Gasteiger partial charge in [-0.15, -0.1) is 0 Å². The fourth-order valence-corrected chi connectivity index (χ4v) is 3.24. The van der Waals surface area contributed by atoms with Gasteiger partial charge >= 0.3 is 0 Å². The zero-order chi connectivity index (χ0) is 16.9. The van der Waals surface area contributed by atoms with Crippen LogP contribution in [0.2, 0.25) is 0 Å². The maximum absolute atomic E-state index is 12.6. The second kappa shape index (κ2) is 7.66. The first-order valence-corrected chi connectivity index (χ1v) is 8.71. The predicted octanol–water partition coefficient (Wildman–Crippen LogP) is 4.98. The van der Waals surface area contributed by atoms with E-state index in [2.05, 4.69) is 5.32 Å². The number of amides is 1. The van der Waals surface area contributed by atoms with Gasteiger partial charge in [0, 0.05) is 23.7 Å². The number of carbonyl (C=O) groups is 1. The van der Waals surface area contributed by atoms with Crippen molar-refractivity contribution in [1.82, 2.24) is 4.90 Å². The molecule has 2 aromatic rings. The van der Waals surface area contributed by atoms with Crippen LogP contribution in [-0.2, 0) is 0 Å². The lowest BCUT2D eigenvalue weighted by molar-refractivity contribution is 0.0794. The van der Waals surface area contributed by atoms with Crippen LogP contribution in [0.25, 0.3) is 0 Å². The monoisotopic (exact) mass is 348 g/mol. The van der Waals surface area contributed by atoms with Crippen LogP contribution in [0.3, 0.4) is 0 Å². The standard InChI is InChI=1S/C18H18F2N2OS/c19-18(20)24-14-9-7-13(8-10-14)21-16-6-2-1-5-15(16)17(23)22-11-3-4-12-22/h1-2,5-10,18,21H,3-4,11-12H2. The molecule has 3 rings (SSSR count). The lowest BCUT2D eigenvalue weighted by atomic mass is 10.1. The van der Waals surface area contributed by atoms with Crippen molar-refractivity contribution in [3.05, 3.63) is 54.1 Å². The zero-order valence-electron chi connectivity index (χ0n) is 13.0. The summed E-state index contributed by atoms with van der Waals surface area (Å²) in [6, 6.07) is 14.1. The van der Waals surface area contributed by atoms with Gasteiger partial charge in [-0.05, 0) is 49.2 Å². The van der Waals surface area contributed by atoms with Crippen LogP contribution in [0.15, 0.2) is 53.4 Å². The molecule has 0 aromatic heterocycles. The van der Waals surface area contributed by atoms with Crippen LogP contribution in [-0.4, -0.2) is 29.7 Å². The fraction of sp³-hybridized carbons (Fsp3) is 0.278. The third kappa shape index (κ3) is 4.06. The smallest absolute Gasteiger partial charge is 0.288 e. The molecule has 0 unspecified atom stereocenters. The molecule has 0 atom stereocenters. The Balaban J connectivity index is 1.76. The number of thioether (sulfide) groups is 1. The van der Waals surface area contributed by atoms with Crippen LogP contribution in [0.1, 0.15) is 23.2 Å². The Kier molecular flexibility index (Phi) is 5.35. The highest BCUT2D eigenvalue weighted by atomic mass is 32.2. The van der Waals surface area contributed by atoms with Gasteiger partial charge in [0.15, 0.2) is 0 Å². The SMILES string of the molecule is O=C(c1ccccc1Nc1ccc(SC(F)F)cc1)N1CCCC1. The summed E-state index contributed by atoms with van der Waals surface area (Å²) in [6.07, 6.45) is 2.09. The van der Waals surface area contributed by atoms with Gasteiger partial charge in [-0.25, -0.2) is 0 Å². The van der Waals surface area contributed by atoms with E-state index in [1.807, 2.05) is 29.2 Å². The summed E-state index contributed by atoms with van der Waals surface area (Å²) < 4.78 is 24.7. The molecule has 24 heavy (non-hydrogen) atoms. The van der Waals surface area contributed by atoms with E-state index in [1.165, 1.54) is 0 Å². The summed E-state index contributed by atoms with van der Waals surface area (Å²) in [5, 5.41) is 3.21. The zero-order valence-corrected chi connectivity index (χ0v) is 13.9. The number of nitrogens with zero attached hydrogens (tertiary/aromatic N) is 1. The number of para-hydroxylation sites is 1. The van der Waals surface area contributed by atoms with Crippen molar-refractivity contribution in [2.24, 2.45) is 0 Å². The van der Waals surface area contributed by atoms with Crippen molar-refractivity contribution in [2.75, 3.05) is 18.4 Å². The number of rotatable bonds is 5. The first kappa shape index (κ1) is 16.8. The van der Waals surface area contributed by atoms with E-state index >= 15 is 0 Å². The summed E-state index contributed by atoms with van der Waals surface area (Å²) in [7, 11) is 0. The van der Waals surface area contributed by atoms with Crippen molar-refractivity contribution in [2.45, 2.75) is 23.5 Å². The summed E-state index contributed by atoms with van der Waals surface area (Å²) in [6.45, 7) is 1.60. The second-order valence-electron chi connectivity index (χ2n) is 5.57. The molecule has 2 aromatic carbocycles. The fourth-order valence-electron chi connectivity index (χ4n) is 2.74. The van der Waals surface area contributed by atoms with E-state index in [9.17, 15) is 13.6 Å². The summed E-state index contributed by atoms with van der Waals surface area (Å²) >= 11 is 0.516. The number of carbonyl (C=O) groups excluding carboxylic acids is 1. The summed E-state index contributed by atoms with van der Waals surface area (Å²) in [5.74, 6) is -2.40. The first-order chi connectivity index (χ1) is 11.6. The lowest BCUT2D eigenvalue weighted by Crippen LogP contribution is -2.28. The summed E-state index contributed by atoms with van der Waals surface area (Å²) in [5.41, 5.74) is 2.12. The molecule has 1 heterocycles. The van der Waals surface area contributed by atoms with Crippen molar-refractivity contribution in [3.63, 3.8) is 0 Å². The molecule has 1 saturated heterocycles. The van der Waals surface area contributed by atoms with Gasteiger partial charge in [0.1, 0.15) is 0 Å². The minimum Gasteiger partial charge on any atom is -0.355 e. The van der Waals surface area contributed by atoms with Crippen LogP contribution in [0.5, 0.6) is 0 Å². The van der Waals surface area contributed by atoms with Crippen LogP contribution < -0.4 is 5.32 Å². The molecule has 0 bridgehead atoms. The first-order valence-electron chi connectivity index (χ1n) is 7.84. The van der Waals surface area contributed by atoms with Crippen molar-refractivity contribution in [3.8, 4) is 0 Å². The molecule has 3 nitrogen and oxygen atoms in total. The van der Waals surface area contributed by atoms with Crippen molar-refractivity contribution in [1.29, 1.82) is 0 Å². The van der Waals surface area contributed by atoms with E-state index in [0.717, 1.165) is 37.3 Å². The number of halogens is 2. The number of benzene rings is 2. The second-order valence-corrected chi connectivity index (χ2v) is 6.64. The Bertz CT molecular complexity index is 700. The minimum atomic E-state index is -2.43. The van der Waals surface area contributed by atoms with Gasteiger partial charge in [0.2, 0.25) is 0 Å². The molecule has 1 aliphatic rings. The van der Waals surface area contributed by atoms with Gasteiger partial charge in [-0.1, -0.05) is 23.9 Å². The normalized spacial score (nSPS) is 14.2. The highest BCUT2D eigenvalue weighted by Crippen LogP contribution is 2.28. The molecule has 0 aliphatic carbocycles. The van der Waals surface area contributed by atoms with E-state index in [1.54, 1.807) is 24.3 Å². The summed E-state index contributed by atoms with van der Waals surface area (Å²) in [4.78, 5) is 15.0. The Morgan fingerprint density at radius 1 is 1.04 bits per heavy atom.